The lowest BCUT2D eigenvalue weighted by molar-refractivity contribution is -0.139. The van der Waals surface area contributed by atoms with Crippen LogP contribution < -0.4 is 5.32 Å². The first-order valence-corrected chi connectivity index (χ1v) is 7.49. The molecule has 1 N–H and O–H groups in total. The highest BCUT2D eigenvalue weighted by Gasteiger charge is 2.34. The third-order valence-corrected chi connectivity index (χ3v) is 3.62. The van der Waals surface area contributed by atoms with E-state index in [1.54, 1.807) is 12.1 Å². The Bertz CT molecular complexity index is 447. The number of benzene rings is 1. The molecule has 0 heterocycles. The summed E-state index contributed by atoms with van der Waals surface area (Å²) in [5.41, 5.74) is -0.00576. The maximum atomic E-state index is 13.1. The van der Waals surface area contributed by atoms with Gasteiger partial charge in [-0.1, -0.05) is 19.9 Å². The van der Waals surface area contributed by atoms with Crippen LogP contribution in [0.5, 0.6) is 0 Å². The quantitative estimate of drug-likeness (QED) is 0.777. The zero-order valence-electron chi connectivity index (χ0n) is 12.6. The molecule has 0 atom stereocenters. The topological polar surface area (TPSA) is 12.0 Å². The molecular formula is C15H22F3NS. The van der Waals surface area contributed by atoms with Crippen molar-refractivity contribution in [1.29, 1.82) is 0 Å². The van der Waals surface area contributed by atoms with Gasteiger partial charge >= 0.3 is 6.18 Å². The zero-order chi connectivity index (χ0) is 15.6. The summed E-state index contributed by atoms with van der Waals surface area (Å²) in [6.45, 7) is 10.2. The molecule has 0 aliphatic heterocycles. The first-order valence-electron chi connectivity index (χ1n) is 6.61. The van der Waals surface area contributed by atoms with Gasteiger partial charge < -0.3 is 5.32 Å². The van der Waals surface area contributed by atoms with Gasteiger partial charge in [-0.2, -0.15) is 13.2 Å². The predicted octanol–water partition coefficient (Wildman–Crippen LogP) is 5.09. The highest BCUT2D eigenvalue weighted by molar-refractivity contribution is 8.00. The van der Waals surface area contributed by atoms with Crippen LogP contribution in [0.4, 0.5) is 13.2 Å². The Kier molecular flexibility index (Phi) is 5.55. The Hall–Kier alpha value is -0.680. The summed E-state index contributed by atoms with van der Waals surface area (Å²) in [7, 11) is 0. The van der Waals surface area contributed by atoms with Crippen molar-refractivity contribution in [3.63, 3.8) is 0 Å². The smallest absolute Gasteiger partial charge is 0.308 e. The number of rotatable bonds is 4. The molecule has 114 valence electrons. The van der Waals surface area contributed by atoms with Gasteiger partial charge in [0.25, 0.3) is 0 Å². The van der Waals surface area contributed by atoms with E-state index in [9.17, 15) is 13.2 Å². The van der Waals surface area contributed by atoms with Crippen molar-refractivity contribution in [2.24, 2.45) is 0 Å². The second kappa shape index (κ2) is 6.39. The highest BCUT2D eigenvalue weighted by atomic mass is 32.2. The molecule has 0 aliphatic rings. The summed E-state index contributed by atoms with van der Waals surface area (Å²) in [4.78, 5) is 0.298. The number of nitrogens with one attached hydrogen (secondary N) is 1. The molecule has 0 radical (unpaired) electrons. The van der Waals surface area contributed by atoms with Crippen molar-refractivity contribution in [2.75, 3.05) is 0 Å². The van der Waals surface area contributed by atoms with E-state index in [1.807, 2.05) is 34.6 Å². The van der Waals surface area contributed by atoms with Crippen molar-refractivity contribution < 1.29 is 13.2 Å². The minimum Gasteiger partial charge on any atom is -0.308 e. The molecule has 0 spiro atoms. The van der Waals surface area contributed by atoms with Gasteiger partial charge in [-0.25, -0.2) is 0 Å². The summed E-state index contributed by atoms with van der Waals surface area (Å²) in [6, 6.07) is 4.59. The minimum atomic E-state index is -4.31. The number of halogens is 3. The molecule has 1 aromatic carbocycles. The molecule has 0 aromatic heterocycles. The molecule has 0 saturated heterocycles. The third-order valence-electron chi connectivity index (χ3n) is 2.53. The van der Waals surface area contributed by atoms with E-state index < -0.39 is 11.7 Å². The predicted molar refractivity (Wildman–Crippen MR) is 79.0 cm³/mol. The van der Waals surface area contributed by atoms with Crippen molar-refractivity contribution in [1.82, 2.24) is 5.32 Å². The van der Waals surface area contributed by atoms with Crippen molar-refractivity contribution >= 4 is 11.8 Å². The van der Waals surface area contributed by atoms with E-state index >= 15 is 0 Å². The Morgan fingerprint density at radius 1 is 1.15 bits per heavy atom. The third kappa shape index (κ3) is 5.75. The van der Waals surface area contributed by atoms with Gasteiger partial charge in [-0.05, 0) is 38.5 Å². The van der Waals surface area contributed by atoms with Crippen LogP contribution in [-0.4, -0.2) is 10.8 Å². The van der Waals surface area contributed by atoms with E-state index in [1.165, 1.54) is 17.8 Å². The fraction of sp³-hybridized carbons (Fsp3) is 0.600. The molecule has 1 rings (SSSR count). The van der Waals surface area contributed by atoms with Crippen molar-refractivity contribution in [3.8, 4) is 0 Å². The molecule has 1 nitrogen and oxygen atoms in total. The second-order valence-electron chi connectivity index (χ2n) is 6.10. The molecule has 0 amide bonds. The maximum absolute atomic E-state index is 13.1. The first-order chi connectivity index (χ1) is 8.99. The van der Waals surface area contributed by atoms with Gasteiger partial charge in [-0.15, -0.1) is 11.8 Å². The second-order valence-corrected chi connectivity index (χ2v) is 7.72. The van der Waals surface area contributed by atoms with Crippen LogP contribution in [0, 0.1) is 0 Å². The molecule has 0 unspecified atom stereocenters. The summed E-state index contributed by atoms with van der Waals surface area (Å²) in [5.74, 6) is 0. The first kappa shape index (κ1) is 17.4. The lowest BCUT2D eigenvalue weighted by Gasteiger charge is -2.21. The monoisotopic (exact) mass is 305 g/mol. The number of hydrogen-bond acceptors (Lipinski definition) is 2. The molecule has 1 aromatic rings. The summed E-state index contributed by atoms with van der Waals surface area (Å²) in [6.07, 6.45) is -4.31. The van der Waals surface area contributed by atoms with E-state index in [4.69, 9.17) is 0 Å². The van der Waals surface area contributed by atoms with Crippen LogP contribution in [0.25, 0.3) is 0 Å². The molecule has 0 bridgehead atoms. The van der Waals surface area contributed by atoms with Crippen LogP contribution in [0.2, 0.25) is 0 Å². The van der Waals surface area contributed by atoms with E-state index in [0.717, 1.165) is 0 Å². The molecule has 0 saturated carbocycles. The van der Waals surface area contributed by atoms with Crippen LogP contribution >= 0.6 is 11.8 Å². The van der Waals surface area contributed by atoms with E-state index in [-0.39, 0.29) is 10.8 Å². The number of hydrogen-bond donors (Lipinski definition) is 1. The molecule has 20 heavy (non-hydrogen) atoms. The van der Waals surface area contributed by atoms with Gasteiger partial charge in [0.15, 0.2) is 0 Å². The fourth-order valence-corrected chi connectivity index (χ4v) is 2.59. The Morgan fingerprint density at radius 3 is 2.20 bits per heavy atom. The van der Waals surface area contributed by atoms with Gasteiger partial charge in [0, 0.05) is 22.2 Å². The highest BCUT2D eigenvalue weighted by Crippen LogP contribution is 2.38. The lowest BCUT2D eigenvalue weighted by atomic mass is 10.1. The zero-order valence-corrected chi connectivity index (χ0v) is 13.4. The number of alkyl halides is 3. The lowest BCUT2D eigenvalue weighted by Crippen LogP contribution is -2.35. The van der Waals surface area contributed by atoms with E-state index in [2.05, 4.69) is 5.32 Å². The molecule has 0 aliphatic carbocycles. The number of thioether (sulfide) groups is 1. The Labute approximate surface area is 123 Å². The van der Waals surface area contributed by atoms with Gasteiger partial charge in [-0.3, -0.25) is 0 Å². The van der Waals surface area contributed by atoms with Gasteiger partial charge in [0.05, 0.1) is 5.56 Å². The largest absolute Gasteiger partial charge is 0.417 e. The minimum absolute atomic E-state index is 0.120. The molecular weight excluding hydrogens is 283 g/mol. The van der Waals surface area contributed by atoms with Crippen LogP contribution in [0.3, 0.4) is 0 Å². The summed E-state index contributed by atoms with van der Waals surface area (Å²) in [5, 5.41) is 3.32. The van der Waals surface area contributed by atoms with Crippen LogP contribution in [0.15, 0.2) is 23.1 Å². The van der Waals surface area contributed by atoms with Gasteiger partial charge in [0.2, 0.25) is 0 Å². The Balaban J connectivity index is 3.02. The SMILES string of the molecule is CC(C)Sc1ccc(CNC(C)(C)C)cc1C(F)(F)F. The Morgan fingerprint density at radius 2 is 1.75 bits per heavy atom. The van der Waals surface area contributed by atoms with Gasteiger partial charge in [0.1, 0.15) is 0 Å². The standard InChI is InChI=1S/C15H22F3NS/c1-10(2)20-13-7-6-11(9-19-14(3,4)5)8-12(13)15(16,17)18/h6-8,10,19H,9H2,1-5H3. The average molecular weight is 305 g/mol. The normalized spacial score (nSPS) is 13.1. The van der Waals surface area contributed by atoms with Crippen LogP contribution in [-0.2, 0) is 12.7 Å². The molecule has 5 heteroatoms. The summed E-state index contributed by atoms with van der Waals surface area (Å²) >= 11 is 1.24. The average Bonchev–Trinajstić information content (AvgIpc) is 2.24. The summed E-state index contributed by atoms with van der Waals surface area (Å²) < 4.78 is 39.4. The fourth-order valence-electron chi connectivity index (χ4n) is 1.63. The maximum Gasteiger partial charge on any atom is 0.417 e. The van der Waals surface area contributed by atoms with Crippen LogP contribution in [0.1, 0.15) is 45.7 Å². The van der Waals surface area contributed by atoms with Crippen molar-refractivity contribution in [2.45, 2.75) is 63.0 Å². The van der Waals surface area contributed by atoms with E-state index in [0.29, 0.717) is 17.0 Å². The van der Waals surface area contributed by atoms with Crippen molar-refractivity contribution in [3.05, 3.63) is 29.3 Å². The molecule has 0 fully saturated rings.